The largest absolute Gasteiger partial charge is 0.491 e. The van der Waals surface area contributed by atoms with Crippen LogP contribution >= 0.6 is 11.8 Å². The number of likely N-dealkylation sites (N-methyl/N-ethyl adjacent to an activating group) is 1. The number of ether oxygens (including phenoxy) is 1. The van der Waals surface area contributed by atoms with Crippen molar-refractivity contribution < 1.29 is 9.84 Å². The van der Waals surface area contributed by atoms with Crippen molar-refractivity contribution in [3.8, 4) is 5.75 Å². The highest BCUT2D eigenvalue weighted by atomic mass is 32.2. The van der Waals surface area contributed by atoms with Crippen LogP contribution in [0.2, 0.25) is 0 Å². The first kappa shape index (κ1) is 14.7. The van der Waals surface area contributed by atoms with E-state index in [9.17, 15) is 5.11 Å². The molecular weight excluding hydrogens is 258 g/mol. The highest BCUT2D eigenvalue weighted by Crippen LogP contribution is 2.28. The second kappa shape index (κ2) is 6.64. The van der Waals surface area contributed by atoms with Gasteiger partial charge in [-0.3, -0.25) is 4.90 Å². The highest BCUT2D eigenvalue weighted by molar-refractivity contribution is 7.99. The molecule has 3 nitrogen and oxygen atoms in total. The molecule has 0 amide bonds. The average Bonchev–Trinajstić information content (AvgIpc) is 2.38. The number of nitrogens with zero attached hydrogens (tertiary/aromatic N) is 1. The standard InChI is InChI=1S/C15H23NO2S/c1-11(2)18-13-6-4-5-12(9-13)15(17)14-10-19-8-7-16(14)3/h4-6,9,11,14-15,17H,7-8,10H2,1-3H3. The molecule has 2 atom stereocenters. The quantitative estimate of drug-likeness (QED) is 0.919. The molecule has 1 fully saturated rings. The molecule has 2 unspecified atom stereocenters. The van der Waals surface area contributed by atoms with Gasteiger partial charge in [-0.05, 0) is 38.6 Å². The fourth-order valence-electron chi connectivity index (χ4n) is 2.30. The van der Waals surface area contributed by atoms with Gasteiger partial charge in [0.25, 0.3) is 0 Å². The van der Waals surface area contributed by atoms with Crippen LogP contribution in [0.4, 0.5) is 0 Å². The zero-order valence-electron chi connectivity index (χ0n) is 11.9. The Morgan fingerprint density at radius 2 is 2.21 bits per heavy atom. The van der Waals surface area contributed by atoms with Gasteiger partial charge >= 0.3 is 0 Å². The van der Waals surface area contributed by atoms with Crippen molar-refractivity contribution in [2.24, 2.45) is 0 Å². The summed E-state index contributed by atoms with van der Waals surface area (Å²) in [5, 5.41) is 10.6. The van der Waals surface area contributed by atoms with Crippen LogP contribution in [0.3, 0.4) is 0 Å². The van der Waals surface area contributed by atoms with E-state index < -0.39 is 6.10 Å². The highest BCUT2D eigenvalue weighted by Gasteiger charge is 2.27. The molecule has 106 valence electrons. The number of benzene rings is 1. The van der Waals surface area contributed by atoms with E-state index in [1.165, 1.54) is 0 Å². The molecule has 1 saturated heterocycles. The van der Waals surface area contributed by atoms with Gasteiger partial charge in [-0.15, -0.1) is 0 Å². The lowest BCUT2D eigenvalue weighted by Crippen LogP contribution is -2.43. The smallest absolute Gasteiger partial charge is 0.120 e. The van der Waals surface area contributed by atoms with Crippen molar-refractivity contribution in [1.82, 2.24) is 4.90 Å². The monoisotopic (exact) mass is 281 g/mol. The number of rotatable bonds is 4. The number of hydrogen-bond acceptors (Lipinski definition) is 4. The Kier molecular flexibility index (Phi) is 5.13. The van der Waals surface area contributed by atoms with Gasteiger partial charge in [0.1, 0.15) is 5.75 Å². The van der Waals surface area contributed by atoms with Crippen molar-refractivity contribution in [1.29, 1.82) is 0 Å². The summed E-state index contributed by atoms with van der Waals surface area (Å²) in [6.45, 7) is 5.05. The van der Waals surface area contributed by atoms with Gasteiger partial charge in [0.2, 0.25) is 0 Å². The molecule has 1 aliphatic rings. The van der Waals surface area contributed by atoms with Crippen LogP contribution in [-0.2, 0) is 0 Å². The van der Waals surface area contributed by atoms with Crippen molar-refractivity contribution in [2.75, 3.05) is 25.1 Å². The molecule has 1 heterocycles. The maximum absolute atomic E-state index is 10.6. The van der Waals surface area contributed by atoms with Crippen LogP contribution in [0.25, 0.3) is 0 Å². The summed E-state index contributed by atoms with van der Waals surface area (Å²) < 4.78 is 5.69. The van der Waals surface area contributed by atoms with Crippen LogP contribution < -0.4 is 4.74 Å². The number of aliphatic hydroxyl groups excluding tert-OH is 1. The Morgan fingerprint density at radius 1 is 1.42 bits per heavy atom. The van der Waals surface area contributed by atoms with Crippen LogP contribution in [0.5, 0.6) is 5.75 Å². The molecule has 2 rings (SSSR count). The zero-order chi connectivity index (χ0) is 13.8. The third-order valence-electron chi connectivity index (χ3n) is 3.38. The van der Waals surface area contributed by atoms with Crippen molar-refractivity contribution in [3.05, 3.63) is 29.8 Å². The minimum absolute atomic E-state index is 0.153. The van der Waals surface area contributed by atoms with Crippen molar-refractivity contribution in [3.63, 3.8) is 0 Å². The molecule has 19 heavy (non-hydrogen) atoms. The normalized spacial score (nSPS) is 22.5. The Bertz CT molecular complexity index is 411. The summed E-state index contributed by atoms with van der Waals surface area (Å²) in [6, 6.07) is 8.01. The molecule has 4 heteroatoms. The van der Waals surface area contributed by atoms with Crippen molar-refractivity contribution in [2.45, 2.75) is 32.1 Å². The number of thioether (sulfide) groups is 1. The van der Waals surface area contributed by atoms with E-state index in [1.54, 1.807) is 0 Å². The van der Waals surface area contributed by atoms with E-state index in [2.05, 4.69) is 11.9 Å². The lowest BCUT2D eigenvalue weighted by molar-refractivity contribution is 0.0755. The van der Waals surface area contributed by atoms with E-state index >= 15 is 0 Å². The van der Waals surface area contributed by atoms with Gasteiger partial charge in [-0.25, -0.2) is 0 Å². The Morgan fingerprint density at radius 3 is 2.89 bits per heavy atom. The molecule has 0 saturated carbocycles. The van der Waals surface area contributed by atoms with E-state index in [4.69, 9.17) is 4.74 Å². The molecule has 1 aromatic carbocycles. The van der Waals surface area contributed by atoms with Gasteiger partial charge in [-0.1, -0.05) is 12.1 Å². The molecule has 0 radical (unpaired) electrons. The maximum Gasteiger partial charge on any atom is 0.120 e. The van der Waals surface area contributed by atoms with Crippen LogP contribution in [0.1, 0.15) is 25.5 Å². The van der Waals surface area contributed by atoms with E-state index in [0.29, 0.717) is 0 Å². The van der Waals surface area contributed by atoms with Gasteiger partial charge in [0.15, 0.2) is 0 Å². The number of aliphatic hydroxyl groups is 1. The Balaban J connectivity index is 2.11. The first-order valence-electron chi connectivity index (χ1n) is 6.80. The predicted octanol–water partition coefficient (Wildman–Crippen LogP) is 2.55. The minimum Gasteiger partial charge on any atom is -0.491 e. The van der Waals surface area contributed by atoms with E-state index in [-0.39, 0.29) is 12.1 Å². The van der Waals surface area contributed by atoms with Gasteiger partial charge in [0, 0.05) is 24.1 Å². The van der Waals surface area contributed by atoms with Crippen LogP contribution in [-0.4, -0.2) is 47.3 Å². The Labute approximate surface area is 120 Å². The molecule has 1 N–H and O–H groups in total. The fourth-order valence-corrected chi connectivity index (χ4v) is 3.57. The average molecular weight is 281 g/mol. The summed E-state index contributed by atoms with van der Waals surface area (Å²) in [6.07, 6.45) is -0.297. The second-order valence-electron chi connectivity index (χ2n) is 5.31. The van der Waals surface area contributed by atoms with Gasteiger partial charge in [-0.2, -0.15) is 11.8 Å². The maximum atomic E-state index is 10.6. The van der Waals surface area contributed by atoms with E-state index in [1.807, 2.05) is 49.9 Å². The summed E-state index contributed by atoms with van der Waals surface area (Å²) in [5.41, 5.74) is 0.942. The molecular formula is C15H23NO2S. The van der Waals surface area contributed by atoms with Crippen LogP contribution in [0, 0.1) is 0 Å². The molecule has 0 aliphatic carbocycles. The van der Waals surface area contributed by atoms with E-state index in [0.717, 1.165) is 29.4 Å². The predicted molar refractivity (Wildman–Crippen MR) is 80.9 cm³/mol. The van der Waals surface area contributed by atoms with Crippen molar-refractivity contribution >= 4 is 11.8 Å². The minimum atomic E-state index is -0.450. The van der Waals surface area contributed by atoms with Gasteiger partial charge in [0.05, 0.1) is 12.2 Å². The lowest BCUT2D eigenvalue weighted by Gasteiger charge is -2.35. The third-order valence-corrected chi connectivity index (χ3v) is 4.43. The first-order chi connectivity index (χ1) is 9.08. The van der Waals surface area contributed by atoms with Gasteiger partial charge < -0.3 is 9.84 Å². The fraction of sp³-hybridized carbons (Fsp3) is 0.600. The summed E-state index contributed by atoms with van der Waals surface area (Å²) >= 11 is 1.91. The first-order valence-corrected chi connectivity index (χ1v) is 7.96. The molecule has 0 aromatic heterocycles. The molecule has 0 bridgehead atoms. The third kappa shape index (κ3) is 3.88. The summed E-state index contributed by atoms with van der Waals surface area (Å²) in [4.78, 5) is 2.25. The molecule has 0 spiro atoms. The second-order valence-corrected chi connectivity index (χ2v) is 6.46. The summed E-state index contributed by atoms with van der Waals surface area (Å²) in [5.74, 6) is 2.96. The van der Waals surface area contributed by atoms with Crippen LogP contribution in [0.15, 0.2) is 24.3 Å². The topological polar surface area (TPSA) is 32.7 Å². The lowest BCUT2D eigenvalue weighted by atomic mass is 10.0. The Hall–Kier alpha value is -0.710. The zero-order valence-corrected chi connectivity index (χ0v) is 12.7. The molecule has 1 aliphatic heterocycles. The number of hydrogen-bond donors (Lipinski definition) is 1. The summed E-state index contributed by atoms with van der Waals surface area (Å²) in [7, 11) is 2.09. The SMILES string of the molecule is CC(C)Oc1cccc(C(O)C2CSCCN2C)c1. The molecule has 1 aromatic rings.